The number of ether oxygens (including phenoxy) is 7. The molecule has 4 aliphatic rings. The smallest absolute Gasteiger partial charge is 0.424 e. The van der Waals surface area contributed by atoms with Crippen molar-refractivity contribution in [2.24, 2.45) is 17.6 Å². The van der Waals surface area contributed by atoms with Crippen molar-refractivity contribution in [2.45, 2.75) is 140 Å². The van der Waals surface area contributed by atoms with Gasteiger partial charge < -0.3 is 63.7 Å². The number of benzene rings is 3. The molecule has 0 saturated carbocycles. The van der Waals surface area contributed by atoms with Crippen LogP contribution in [0.3, 0.4) is 0 Å². The summed E-state index contributed by atoms with van der Waals surface area (Å²) in [5.41, 5.74) is 10.7. The number of carbonyl (C=O) groups is 8. The second-order valence-corrected chi connectivity index (χ2v) is 25.4. The van der Waals surface area contributed by atoms with Crippen molar-refractivity contribution < 1.29 is 76.6 Å². The van der Waals surface area contributed by atoms with E-state index in [4.69, 9.17) is 50.5 Å². The number of anilines is 1. The average molecular weight is 1320 g/mol. The van der Waals surface area contributed by atoms with Crippen LogP contribution in [0.5, 0.6) is 0 Å². The van der Waals surface area contributed by atoms with Gasteiger partial charge in [-0.25, -0.2) is 24.4 Å². The summed E-state index contributed by atoms with van der Waals surface area (Å²) < 4.78 is 42.8. The van der Waals surface area contributed by atoms with Crippen molar-refractivity contribution in [1.82, 2.24) is 30.1 Å². The number of nitrogens with zero attached hydrogens (tertiary/aromatic N) is 5. The maximum absolute atomic E-state index is 14.4. The van der Waals surface area contributed by atoms with E-state index in [9.17, 15) is 43.5 Å². The minimum Gasteiger partial charge on any atom is -0.457 e. The van der Waals surface area contributed by atoms with Crippen LogP contribution in [0.1, 0.15) is 100.0 Å². The fraction of sp³-hybridized carbons (Fsp3) is 0.507. The maximum atomic E-state index is 14.4. The van der Waals surface area contributed by atoms with Gasteiger partial charge in [0.05, 0.1) is 62.0 Å². The third-order valence-electron chi connectivity index (χ3n) is 18.2. The number of esters is 1. The number of halogens is 1. The Kier molecular flexibility index (Phi) is 24.4. The molecule has 2 fully saturated rings. The number of hydrogen-bond acceptors (Lipinski definition) is 17. The molecule has 2 saturated heterocycles. The molecule has 8 rings (SSSR count). The van der Waals surface area contributed by atoms with Crippen LogP contribution in [0.15, 0.2) is 103 Å². The lowest BCUT2D eigenvalue weighted by molar-refractivity contribution is -0.162. The molecule has 4 heterocycles. The number of likely N-dealkylation sites (N-methyl/N-ethyl adjacent to an activating group) is 1. The minimum absolute atomic E-state index is 0.0220. The number of Topliss-reactive ketones (excluding diaryl/α,β-unsaturated/α-hetero) is 1. The van der Waals surface area contributed by atoms with E-state index in [1.807, 2.05) is 79.3 Å². The van der Waals surface area contributed by atoms with E-state index >= 15 is 0 Å². The van der Waals surface area contributed by atoms with Crippen LogP contribution in [0.25, 0.3) is 11.1 Å². The van der Waals surface area contributed by atoms with Gasteiger partial charge in [0.15, 0.2) is 5.72 Å². The Labute approximate surface area is 553 Å². The number of allylic oxidation sites excluding steroid dienone is 3. The standard InChI is InChI=1S/C69H89ClN8O16/c1-42-16-15-21-57(88-10)69(87)38-56(92-66(85)73-69)44(3)63-68(5,94-63)58(37-61(82)76(8)55-34-47(32-42)33-43(2)62(55)70)93-65(84)45(4)75(7)60(81)24-28-89-30-31-90-29-25-72-64(83)48(36-59(71)80)35-49(79)23-27-78-26-22-46(40-78)39-74(6)77(9)67(86)91-41-54-52-19-13-11-17-50(52)51-18-12-14-20-53(51)54/h11-22,26,33-34,40,44-45,48,54,56-58,63,87H,23-25,27-32,35-39,41H2,1-10H3,(H2,71,80)(H,72,83)(H,73,85)/b21-15+,42-16+/t44-,45+,48+,56+,57-,58+,63?,68+,69-/m1/s1. The Hall–Kier alpha value is -7.97. The van der Waals surface area contributed by atoms with Crippen LogP contribution in [-0.4, -0.2) is 189 Å². The number of primary amides is 1. The summed E-state index contributed by atoms with van der Waals surface area (Å²) in [5.74, 6) is -4.82. The number of aliphatic hydroxyl groups is 1. The summed E-state index contributed by atoms with van der Waals surface area (Å²) in [4.78, 5) is 109. The molecule has 0 spiro atoms. The summed E-state index contributed by atoms with van der Waals surface area (Å²) in [6.07, 6.45) is 3.29. The fourth-order valence-electron chi connectivity index (χ4n) is 12.4. The second kappa shape index (κ2) is 32.0. The number of carbonyl (C=O) groups excluding carboxylic acids is 8. The normalized spacial score (nSPS) is 23.4. The number of fused-ring (bicyclic) bond motifs is 8. The van der Waals surface area contributed by atoms with Crippen LogP contribution in [0.4, 0.5) is 15.3 Å². The number of hydrogen-bond donors (Lipinski definition) is 4. The van der Waals surface area contributed by atoms with Crippen molar-refractivity contribution in [3.63, 3.8) is 0 Å². The van der Waals surface area contributed by atoms with Crippen LogP contribution >= 0.6 is 11.6 Å². The first kappa shape index (κ1) is 71.9. The molecule has 94 heavy (non-hydrogen) atoms. The van der Waals surface area contributed by atoms with Crippen molar-refractivity contribution in [3.8, 4) is 11.1 Å². The van der Waals surface area contributed by atoms with Gasteiger partial charge in [-0.15, -0.1) is 0 Å². The Morgan fingerprint density at radius 2 is 1.62 bits per heavy atom. The largest absolute Gasteiger partial charge is 0.457 e. The minimum atomic E-state index is -1.87. The third kappa shape index (κ3) is 17.9. The molecule has 4 bridgehead atoms. The number of nitrogens with two attached hydrogens (primary N) is 1. The first-order valence-electron chi connectivity index (χ1n) is 31.7. The molecule has 4 aromatic rings. The van der Waals surface area contributed by atoms with Gasteiger partial charge in [-0.05, 0) is 85.2 Å². The second-order valence-electron chi connectivity index (χ2n) is 25.0. The van der Waals surface area contributed by atoms with Gasteiger partial charge in [0.25, 0.3) is 0 Å². The van der Waals surface area contributed by atoms with Crippen molar-refractivity contribution in [2.75, 3.05) is 79.8 Å². The summed E-state index contributed by atoms with van der Waals surface area (Å²) in [6, 6.07) is 20.8. The van der Waals surface area contributed by atoms with Crippen molar-refractivity contribution >= 4 is 64.9 Å². The first-order valence-corrected chi connectivity index (χ1v) is 32.0. The Morgan fingerprint density at radius 1 is 0.936 bits per heavy atom. The SMILES string of the molecule is CO[C@@H]1/C=C/C=C(\C)Cc2cc(C)c(Cl)c(c2)N(C)C(=O)C[C@H](OC(=O)[C@H](C)N(C)C(=O)CCOCCOCCNC(=O)[C@H](CC(N)=O)CC(=O)CCn2ccc(CN(C)N(C)C(=O)OCC3c4ccccc4-c4ccccc43)c2)[C@]2(C)OC2[C@H](C)[C@@H]2C[C@]1(O)NC(=O)O2. The molecule has 1 aromatic heterocycles. The topological polar surface area (TPSA) is 293 Å². The Bertz CT molecular complexity index is 3440. The average Bonchev–Trinajstić information content (AvgIpc) is 1.57. The summed E-state index contributed by atoms with van der Waals surface area (Å²) in [6.45, 7) is 9.95. The highest BCUT2D eigenvalue weighted by Crippen LogP contribution is 2.49. The number of nitrogens with one attached hydrogen (secondary N) is 2. The van der Waals surface area contributed by atoms with Gasteiger partial charge in [0.1, 0.15) is 42.3 Å². The number of aromatic nitrogens is 1. The van der Waals surface area contributed by atoms with Gasteiger partial charge in [0.2, 0.25) is 23.6 Å². The predicted octanol–water partition coefficient (Wildman–Crippen LogP) is 6.92. The lowest BCUT2D eigenvalue weighted by Crippen LogP contribution is -2.63. The molecule has 9 atom stereocenters. The number of rotatable bonds is 26. The van der Waals surface area contributed by atoms with Crippen LogP contribution in [0, 0.1) is 18.8 Å². The van der Waals surface area contributed by atoms with Crippen LogP contribution < -0.4 is 21.3 Å². The molecule has 24 nitrogen and oxygen atoms in total. The quantitative estimate of drug-likeness (QED) is 0.0163. The molecule has 508 valence electrons. The highest BCUT2D eigenvalue weighted by molar-refractivity contribution is 6.34. The molecular weight excluding hydrogens is 1230 g/mol. The molecule has 3 aromatic carbocycles. The molecule has 6 amide bonds. The van der Waals surface area contributed by atoms with Gasteiger partial charge >= 0.3 is 18.2 Å². The maximum Gasteiger partial charge on any atom is 0.424 e. The van der Waals surface area contributed by atoms with E-state index in [2.05, 4.69) is 34.9 Å². The van der Waals surface area contributed by atoms with E-state index in [1.54, 1.807) is 52.2 Å². The number of hydrazine groups is 1. The molecular formula is C69H89ClN8O16. The summed E-state index contributed by atoms with van der Waals surface area (Å²) in [5, 5.41) is 20.6. The lowest BCUT2D eigenvalue weighted by Gasteiger charge is -2.42. The Morgan fingerprint density at radius 3 is 2.30 bits per heavy atom. The van der Waals surface area contributed by atoms with Gasteiger partial charge in [-0.2, -0.15) is 0 Å². The third-order valence-corrected chi connectivity index (χ3v) is 18.7. The Balaban J connectivity index is 0.749. The van der Waals surface area contributed by atoms with E-state index in [-0.39, 0.29) is 89.8 Å². The van der Waals surface area contributed by atoms with Crippen LogP contribution in [0.2, 0.25) is 5.02 Å². The monoisotopic (exact) mass is 1320 g/mol. The number of methoxy groups -OCH3 is 1. The lowest BCUT2D eigenvalue weighted by atomic mass is 9.83. The van der Waals surface area contributed by atoms with Gasteiger partial charge in [-0.1, -0.05) is 96.9 Å². The van der Waals surface area contributed by atoms with E-state index in [1.165, 1.54) is 35.9 Å². The summed E-state index contributed by atoms with van der Waals surface area (Å²) in [7, 11) is 7.88. The molecule has 0 radical (unpaired) electrons. The van der Waals surface area contributed by atoms with Crippen LogP contribution in [-0.2, 0) is 81.4 Å². The number of ketones is 1. The molecule has 1 aliphatic carbocycles. The van der Waals surface area contributed by atoms with Crippen molar-refractivity contribution in [1.29, 1.82) is 0 Å². The molecule has 3 aliphatic heterocycles. The highest BCUT2D eigenvalue weighted by atomic mass is 35.5. The zero-order valence-electron chi connectivity index (χ0n) is 55.2. The zero-order chi connectivity index (χ0) is 68.2. The highest BCUT2D eigenvalue weighted by Gasteiger charge is 2.64. The molecule has 1 unspecified atom stereocenters. The van der Waals surface area contributed by atoms with E-state index < -0.39 is 95.4 Å². The zero-order valence-corrected chi connectivity index (χ0v) is 56.0. The van der Waals surface area contributed by atoms with Gasteiger partial charge in [0, 0.05) is 105 Å². The fourth-order valence-corrected chi connectivity index (χ4v) is 12.6. The number of aryl methyl sites for hydroxylation is 2. The number of alkyl carbamates (subject to hydrolysis) is 1. The van der Waals surface area contributed by atoms with Crippen molar-refractivity contribution in [3.05, 3.63) is 136 Å². The number of epoxide rings is 1. The number of amides is 6. The molecule has 5 N–H and O–H groups in total. The predicted molar refractivity (Wildman–Crippen MR) is 349 cm³/mol. The first-order chi connectivity index (χ1) is 44.7. The summed E-state index contributed by atoms with van der Waals surface area (Å²) >= 11 is 6.84. The van der Waals surface area contributed by atoms with E-state index in [0.29, 0.717) is 30.2 Å². The van der Waals surface area contributed by atoms with Gasteiger partial charge in [-0.3, -0.25) is 29.3 Å². The molecule has 25 heteroatoms. The van der Waals surface area contributed by atoms with E-state index in [0.717, 1.165) is 44.5 Å².